The van der Waals surface area contributed by atoms with Crippen LogP contribution in [0.25, 0.3) is 0 Å². The van der Waals surface area contributed by atoms with E-state index in [1.54, 1.807) is 0 Å². The highest BCUT2D eigenvalue weighted by Crippen LogP contribution is 2.11. The lowest BCUT2D eigenvalue weighted by molar-refractivity contribution is -0.136. The molecule has 1 saturated heterocycles. The van der Waals surface area contributed by atoms with Crippen LogP contribution >= 0.6 is 0 Å². The van der Waals surface area contributed by atoms with Crippen molar-refractivity contribution >= 4 is 5.91 Å². The van der Waals surface area contributed by atoms with Gasteiger partial charge in [-0.3, -0.25) is 9.69 Å². The number of benzene rings is 2. The molecule has 0 saturated carbocycles. The maximum absolute atomic E-state index is 12.8. The quantitative estimate of drug-likeness (QED) is 0.755. The third kappa shape index (κ3) is 5.65. The number of hydrogen-bond acceptors (Lipinski definition) is 3. The first-order valence-corrected chi connectivity index (χ1v) is 9.93. The highest BCUT2D eigenvalue weighted by molar-refractivity contribution is 5.81. The van der Waals surface area contributed by atoms with Gasteiger partial charge in [-0.1, -0.05) is 60.7 Å². The standard InChI is InChI=1S/C23H31N3O/c1-20(23(27)24(2)19-22-11-7-4-8-12-22)26-17-15-25(16-18-26)14-13-21-9-5-3-6-10-21/h3-12,20H,13-19H2,1-2H3. The lowest BCUT2D eigenvalue weighted by Gasteiger charge is -2.38. The van der Waals surface area contributed by atoms with E-state index in [-0.39, 0.29) is 11.9 Å². The number of carbonyl (C=O) groups is 1. The van der Waals surface area contributed by atoms with Crippen molar-refractivity contribution in [3.8, 4) is 0 Å². The van der Waals surface area contributed by atoms with Crippen LogP contribution in [0.3, 0.4) is 0 Å². The SMILES string of the molecule is CC(C(=O)N(C)Cc1ccccc1)N1CCN(CCc2ccccc2)CC1. The minimum absolute atomic E-state index is 0.0602. The molecule has 1 amide bonds. The zero-order valence-electron chi connectivity index (χ0n) is 16.6. The third-order valence-corrected chi connectivity index (χ3v) is 5.51. The van der Waals surface area contributed by atoms with Crippen LogP contribution in [0.1, 0.15) is 18.1 Å². The van der Waals surface area contributed by atoms with Crippen LogP contribution in [0.5, 0.6) is 0 Å². The molecule has 0 radical (unpaired) electrons. The van der Waals surface area contributed by atoms with Crippen molar-refractivity contribution < 1.29 is 4.79 Å². The second-order valence-corrected chi connectivity index (χ2v) is 7.47. The van der Waals surface area contributed by atoms with Crippen molar-refractivity contribution in [3.63, 3.8) is 0 Å². The molecule has 0 N–H and O–H groups in total. The molecule has 1 aliphatic heterocycles. The molecule has 2 aromatic rings. The normalized spacial score (nSPS) is 16.8. The summed E-state index contributed by atoms with van der Waals surface area (Å²) >= 11 is 0. The van der Waals surface area contributed by atoms with Gasteiger partial charge >= 0.3 is 0 Å². The van der Waals surface area contributed by atoms with E-state index in [2.05, 4.69) is 52.3 Å². The van der Waals surface area contributed by atoms with Gasteiger partial charge in [0, 0.05) is 46.3 Å². The molecule has 1 fully saturated rings. The fourth-order valence-corrected chi connectivity index (χ4v) is 3.72. The molecule has 27 heavy (non-hydrogen) atoms. The van der Waals surface area contributed by atoms with Crippen molar-refractivity contribution in [1.82, 2.24) is 14.7 Å². The summed E-state index contributed by atoms with van der Waals surface area (Å²) < 4.78 is 0. The largest absolute Gasteiger partial charge is 0.340 e. The molecule has 0 aromatic heterocycles. The van der Waals surface area contributed by atoms with Crippen LogP contribution in [0.4, 0.5) is 0 Å². The summed E-state index contributed by atoms with van der Waals surface area (Å²) in [5.41, 5.74) is 2.57. The minimum atomic E-state index is -0.0602. The van der Waals surface area contributed by atoms with Gasteiger partial charge < -0.3 is 9.80 Å². The lowest BCUT2D eigenvalue weighted by Crippen LogP contribution is -2.54. The van der Waals surface area contributed by atoms with Crippen molar-refractivity contribution in [2.45, 2.75) is 25.9 Å². The number of hydrogen-bond donors (Lipinski definition) is 0. The van der Waals surface area contributed by atoms with Gasteiger partial charge in [-0.05, 0) is 24.5 Å². The number of likely N-dealkylation sites (N-methyl/N-ethyl adjacent to an activating group) is 1. The van der Waals surface area contributed by atoms with Gasteiger partial charge in [-0.15, -0.1) is 0 Å². The molecule has 0 bridgehead atoms. The van der Waals surface area contributed by atoms with Crippen LogP contribution < -0.4 is 0 Å². The molecule has 4 nitrogen and oxygen atoms in total. The summed E-state index contributed by atoms with van der Waals surface area (Å²) in [5.74, 6) is 0.205. The minimum Gasteiger partial charge on any atom is -0.340 e. The third-order valence-electron chi connectivity index (χ3n) is 5.51. The summed E-state index contributed by atoms with van der Waals surface area (Å²) in [6.45, 7) is 7.79. The van der Waals surface area contributed by atoms with Gasteiger partial charge in [0.25, 0.3) is 0 Å². The maximum Gasteiger partial charge on any atom is 0.239 e. The van der Waals surface area contributed by atoms with Crippen LogP contribution in [-0.4, -0.2) is 66.4 Å². The monoisotopic (exact) mass is 365 g/mol. The van der Waals surface area contributed by atoms with Gasteiger partial charge in [0.05, 0.1) is 6.04 Å². The lowest BCUT2D eigenvalue weighted by atomic mass is 10.1. The number of nitrogens with zero attached hydrogens (tertiary/aromatic N) is 3. The first-order valence-electron chi connectivity index (χ1n) is 9.93. The molecule has 3 rings (SSSR count). The number of amides is 1. The highest BCUT2D eigenvalue weighted by Gasteiger charge is 2.27. The Morgan fingerprint density at radius 3 is 2.07 bits per heavy atom. The van der Waals surface area contributed by atoms with Gasteiger partial charge in [-0.2, -0.15) is 0 Å². The van der Waals surface area contributed by atoms with E-state index >= 15 is 0 Å². The smallest absolute Gasteiger partial charge is 0.239 e. The van der Waals surface area contributed by atoms with Crippen molar-refractivity contribution in [3.05, 3.63) is 71.8 Å². The second-order valence-electron chi connectivity index (χ2n) is 7.47. The van der Waals surface area contributed by atoms with Crippen LogP contribution in [0, 0.1) is 0 Å². The fourth-order valence-electron chi connectivity index (χ4n) is 3.72. The first-order chi connectivity index (χ1) is 13.1. The average Bonchev–Trinajstić information content (AvgIpc) is 2.73. The van der Waals surface area contributed by atoms with Crippen molar-refractivity contribution in [1.29, 1.82) is 0 Å². The topological polar surface area (TPSA) is 26.8 Å². The van der Waals surface area contributed by atoms with E-state index in [4.69, 9.17) is 0 Å². The van der Waals surface area contributed by atoms with Crippen molar-refractivity contribution in [2.75, 3.05) is 39.8 Å². The number of rotatable bonds is 7. The van der Waals surface area contributed by atoms with E-state index in [1.807, 2.05) is 37.1 Å². The Morgan fingerprint density at radius 2 is 1.48 bits per heavy atom. The predicted molar refractivity (Wildman–Crippen MR) is 111 cm³/mol. The predicted octanol–water partition coefficient (Wildman–Crippen LogP) is 2.89. The van der Waals surface area contributed by atoms with Crippen LogP contribution in [0.2, 0.25) is 0 Å². The Hall–Kier alpha value is -2.17. The zero-order valence-corrected chi connectivity index (χ0v) is 16.6. The van der Waals surface area contributed by atoms with Crippen molar-refractivity contribution in [2.24, 2.45) is 0 Å². The summed E-state index contributed by atoms with van der Waals surface area (Å²) in [4.78, 5) is 19.5. The molecule has 0 aliphatic carbocycles. The maximum atomic E-state index is 12.8. The Kier molecular flexibility index (Phi) is 7.02. The Bertz CT molecular complexity index is 696. The van der Waals surface area contributed by atoms with Crippen LogP contribution in [-0.2, 0) is 17.8 Å². The molecular weight excluding hydrogens is 334 g/mol. The molecular formula is C23H31N3O. The second kappa shape index (κ2) is 9.67. The van der Waals surface area contributed by atoms with E-state index in [0.717, 1.165) is 39.1 Å². The van der Waals surface area contributed by atoms with Gasteiger partial charge in [0.1, 0.15) is 0 Å². The van der Waals surface area contributed by atoms with Gasteiger partial charge in [0.2, 0.25) is 5.91 Å². The van der Waals surface area contributed by atoms with Gasteiger partial charge in [-0.25, -0.2) is 0 Å². The molecule has 0 spiro atoms. The molecule has 2 aromatic carbocycles. The number of piperazine rings is 1. The molecule has 1 unspecified atom stereocenters. The van der Waals surface area contributed by atoms with E-state index in [9.17, 15) is 4.79 Å². The summed E-state index contributed by atoms with van der Waals surface area (Å²) in [7, 11) is 1.90. The Labute approximate surface area is 163 Å². The molecule has 1 heterocycles. The van der Waals surface area contributed by atoms with Gasteiger partial charge in [0.15, 0.2) is 0 Å². The fraction of sp³-hybridized carbons (Fsp3) is 0.435. The van der Waals surface area contributed by atoms with E-state index in [0.29, 0.717) is 6.54 Å². The van der Waals surface area contributed by atoms with Crippen LogP contribution in [0.15, 0.2) is 60.7 Å². The molecule has 1 atom stereocenters. The zero-order chi connectivity index (χ0) is 19.1. The Balaban J connectivity index is 1.43. The molecule has 4 heteroatoms. The highest BCUT2D eigenvalue weighted by atomic mass is 16.2. The molecule has 1 aliphatic rings. The van der Waals surface area contributed by atoms with E-state index in [1.165, 1.54) is 11.1 Å². The number of carbonyl (C=O) groups excluding carboxylic acids is 1. The van der Waals surface area contributed by atoms with E-state index < -0.39 is 0 Å². The summed E-state index contributed by atoms with van der Waals surface area (Å²) in [5, 5.41) is 0. The Morgan fingerprint density at radius 1 is 0.926 bits per heavy atom. The summed E-state index contributed by atoms with van der Waals surface area (Å²) in [6, 6.07) is 20.8. The molecule has 144 valence electrons. The first kappa shape index (κ1) is 19.6. The summed E-state index contributed by atoms with van der Waals surface area (Å²) in [6.07, 6.45) is 1.09. The average molecular weight is 366 g/mol.